The van der Waals surface area contributed by atoms with Crippen LogP contribution in [0, 0.1) is 0 Å². The molecule has 2 rings (SSSR count). The largest absolute Gasteiger partial charge is 0.368 e. The number of hydrogen-bond acceptors (Lipinski definition) is 8. The minimum absolute atomic E-state index is 0.620. The fourth-order valence-electron chi connectivity index (χ4n) is 2.66. The highest BCUT2D eigenvalue weighted by atomic mass is 15.2. The number of nitrogens with one attached hydrogen (secondary N) is 4. The third-order valence-electron chi connectivity index (χ3n) is 4.26. The zero-order valence-corrected chi connectivity index (χ0v) is 17.9. The van der Waals surface area contributed by atoms with Gasteiger partial charge in [0.05, 0.1) is 0 Å². The summed E-state index contributed by atoms with van der Waals surface area (Å²) in [6.07, 6.45) is 6.44. The molecular formula is C20H36N8. The van der Waals surface area contributed by atoms with Crippen molar-refractivity contribution in [1.29, 1.82) is 0 Å². The smallest absolute Gasteiger partial charge is 0.225 e. The lowest BCUT2D eigenvalue weighted by molar-refractivity contribution is 0.825. The minimum Gasteiger partial charge on any atom is -0.368 e. The molecule has 0 saturated heterocycles. The molecule has 0 bridgehead atoms. The van der Waals surface area contributed by atoms with Crippen LogP contribution < -0.4 is 21.3 Å². The number of rotatable bonds is 14. The van der Waals surface area contributed by atoms with Gasteiger partial charge in [-0.2, -0.15) is 9.97 Å². The molecule has 0 fully saturated rings. The molecule has 0 atom stereocenters. The average molecular weight is 389 g/mol. The van der Waals surface area contributed by atoms with Crippen LogP contribution >= 0.6 is 0 Å². The SMILES string of the molecule is CCCCNc1nc(NCCC)c2nc(NCCCC)nc(NCCC)c2n1. The van der Waals surface area contributed by atoms with Gasteiger partial charge < -0.3 is 21.3 Å². The van der Waals surface area contributed by atoms with Crippen molar-refractivity contribution in [1.82, 2.24) is 19.9 Å². The number of hydrogen-bond donors (Lipinski definition) is 4. The normalized spacial score (nSPS) is 10.9. The van der Waals surface area contributed by atoms with E-state index in [4.69, 9.17) is 19.9 Å². The maximum Gasteiger partial charge on any atom is 0.225 e. The molecule has 0 amide bonds. The molecule has 0 radical (unpaired) electrons. The Balaban J connectivity index is 2.46. The third kappa shape index (κ3) is 6.35. The lowest BCUT2D eigenvalue weighted by atomic mass is 10.3. The van der Waals surface area contributed by atoms with Crippen LogP contribution in [0.5, 0.6) is 0 Å². The molecule has 0 unspecified atom stereocenters. The van der Waals surface area contributed by atoms with Gasteiger partial charge in [-0.05, 0) is 25.7 Å². The molecule has 0 aliphatic rings. The first-order chi connectivity index (χ1) is 13.7. The number of fused-ring (bicyclic) bond motifs is 1. The zero-order valence-electron chi connectivity index (χ0n) is 17.9. The first kappa shape index (κ1) is 21.9. The summed E-state index contributed by atoms with van der Waals surface area (Å²) in [5, 5.41) is 13.5. The predicted octanol–water partition coefficient (Wildman–Crippen LogP) is 4.49. The van der Waals surface area contributed by atoms with Gasteiger partial charge in [0, 0.05) is 26.2 Å². The summed E-state index contributed by atoms with van der Waals surface area (Å²) in [5.74, 6) is 2.75. The Hall–Kier alpha value is -2.38. The van der Waals surface area contributed by atoms with Gasteiger partial charge in [-0.25, -0.2) is 9.97 Å². The second-order valence-corrected chi connectivity index (χ2v) is 6.90. The van der Waals surface area contributed by atoms with Crippen molar-refractivity contribution in [2.75, 3.05) is 47.4 Å². The Kier molecular flexibility index (Phi) is 9.51. The van der Waals surface area contributed by atoms with Crippen molar-refractivity contribution in [3.05, 3.63) is 0 Å². The van der Waals surface area contributed by atoms with Crippen LogP contribution in [-0.4, -0.2) is 46.1 Å². The Morgan fingerprint density at radius 2 is 0.929 bits per heavy atom. The molecule has 0 aromatic carbocycles. The van der Waals surface area contributed by atoms with Crippen LogP contribution in [0.2, 0.25) is 0 Å². The van der Waals surface area contributed by atoms with Gasteiger partial charge in [0.25, 0.3) is 0 Å². The average Bonchev–Trinajstić information content (AvgIpc) is 2.71. The minimum atomic E-state index is 0.620. The molecule has 2 aromatic heterocycles. The highest BCUT2D eigenvalue weighted by Gasteiger charge is 2.15. The molecule has 0 spiro atoms. The Morgan fingerprint density at radius 1 is 0.500 bits per heavy atom. The lowest BCUT2D eigenvalue weighted by Crippen LogP contribution is -2.14. The molecule has 8 heteroatoms. The van der Waals surface area contributed by atoms with Gasteiger partial charge in [0.2, 0.25) is 11.9 Å². The quantitative estimate of drug-likeness (QED) is 0.351. The number of nitrogens with zero attached hydrogens (tertiary/aromatic N) is 4. The topological polar surface area (TPSA) is 99.7 Å². The van der Waals surface area contributed by atoms with E-state index in [1.807, 2.05) is 0 Å². The monoisotopic (exact) mass is 388 g/mol. The van der Waals surface area contributed by atoms with Gasteiger partial charge in [-0.15, -0.1) is 0 Å². The maximum absolute atomic E-state index is 4.73. The summed E-state index contributed by atoms with van der Waals surface area (Å²) in [7, 11) is 0. The van der Waals surface area contributed by atoms with E-state index in [0.29, 0.717) is 11.9 Å². The van der Waals surface area contributed by atoms with E-state index >= 15 is 0 Å². The summed E-state index contributed by atoms with van der Waals surface area (Å²) in [4.78, 5) is 18.8. The van der Waals surface area contributed by atoms with Crippen molar-refractivity contribution < 1.29 is 0 Å². The van der Waals surface area contributed by atoms with E-state index in [9.17, 15) is 0 Å². The molecule has 0 aliphatic heterocycles. The predicted molar refractivity (Wildman–Crippen MR) is 119 cm³/mol. The molecule has 8 nitrogen and oxygen atoms in total. The van der Waals surface area contributed by atoms with Gasteiger partial charge in [-0.1, -0.05) is 40.5 Å². The van der Waals surface area contributed by atoms with Crippen LogP contribution in [0.25, 0.3) is 11.0 Å². The number of anilines is 4. The van der Waals surface area contributed by atoms with Crippen molar-refractivity contribution in [2.24, 2.45) is 0 Å². The first-order valence-electron chi connectivity index (χ1n) is 10.8. The molecule has 0 aliphatic carbocycles. The molecule has 28 heavy (non-hydrogen) atoms. The Bertz CT molecular complexity index is 658. The second kappa shape index (κ2) is 12.2. The van der Waals surface area contributed by atoms with Crippen LogP contribution in [0.1, 0.15) is 66.2 Å². The standard InChI is InChI=1S/C20H36N8/c1-5-9-13-23-19-25-15-16(17(27-19)21-11-7-3)26-20(24-14-10-6-2)28-18(15)22-12-8-4/h5-14H2,1-4H3,(H2,21,23,25,27)(H2,22,24,26,28). The van der Waals surface area contributed by atoms with E-state index in [-0.39, 0.29) is 0 Å². The lowest BCUT2D eigenvalue weighted by Gasteiger charge is -2.15. The number of unbranched alkanes of at least 4 members (excludes halogenated alkanes) is 2. The Labute approximate surface area is 168 Å². The highest BCUT2D eigenvalue weighted by Crippen LogP contribution is 2.27. The molecule has 2 heterocycles. The van der Waals surface area contributed by atoms with E-state index in [1.165, 1.54) is 0 Å². The van der Waals surface area contributed by atoms with Crippen LogP contribution in [-0.2, 0) is 0 Å². The van der Waals surface area contributed by atoms with Gasteiger partial charge in [-0.3, -0.25) is 0 Å². The van der Waals surface area contributed by atoms with Gasteiger partial charge in [0.15, 0.2) is 11.6 Å². The second-order valence-electron chi connectivity index (χ2n) is 6.90. The van der Waals surface area contributed by atoms with Crippen LogP contribution in [0.3, 0.4) is 0 Å². The Morgan fingerprint density at radius 3 is 1.29 bits per heavy atom. The van der Waals surface area contributed by atoms with E-state index in [1.54, 1.807) is 0 Å². The van der Waals surface area contributed by atoms with Crippen molar-refractivity contribution in [2.45, 2.75) is 66.2 Å². The summed E-state index contributed by atoms with van der Waals surface area (Å²) < 4.78 is 0. The van der Waals surface area contributed by atoms with Gasteiger partial charge in [0.1, 0.15) is 11.0 Å². The molecule has 4 N–H and O–H groups in total. The van der Waals surface area contributed by atoms with Crippen molar-refractivity contribution in [3.63, 3.8) is 0 Å². The van der Waals surface area contributed by atoms with E-state index in [0.717, 1.165) is 87.4 Å². The summed E-state index contributed by atoms with van der Waals surface area (Å²) in [6, 6.07) is 0. The molecular weight excluding hydrogens is 352 g/mol. The van der Waals surface area contributed by atoms with Crippen molar-refractivity contribution >= 4 is 34.6 Å². The summed E-state index contributed by atoms with van der Waals surface area (Å²) in [5.41, 5.74) is 1.50. The first-order valence-corrected chi connectivity index (χ1v) is 10.8. The zero-order chi connectivity index (χ0) is 20.2. The number of aromatic nitrogens is 4. The fraction of sp³-hybridized carbons (Fsp3) is 0.700. The van der Waals surface area contributed by atoms with E-state index < -0.39 is 0 Å². The summed E-state index contributed by atoms with van der Waals surface area (Å²) in [6.45, 7) is 12.0. The van der Waals surface area contributed by atoms with Crippen molar-refractivity contribution in [3.8, 4) is 0 Å². The molecule has 0 saturated carbocycles. The third-order valence-corrected chi connectivity index (χ3v) is 4.26. The highest BCUT2D eigenvalue weighted by molar-refractivity contribution is 5.94. The molecule has 2 aromatic rings. The maximum atomic E-state index is 4.73. The summed E-state index contributed by atoms with van der Waals surface area (Å²) >= 11 is 0. The fourth-order valence-corrected chi connectivity index (χ4v) is 2.66. The molecule has 156 valence electrons. The van der Waals surface area contributed by atoms with E-state index in [2.05, 4.69) is 49.0 Å². The van der Waals surface area contributed by atoms with Gasteiger partial charge >= 0.3 is 0 Å². The van der Waals surface area contributed by atoms with Crippen LogP contribution in [0.15, 0.2) is 0 Å². The van der Waals surface area contributed by atoms with Crippen LogP contribution in [0.4, 0.5) is 23.5 Å².